The Balaban J connectivity index is 1.20. The van der Waals surface area contributed by atoms with Crippen molar-refractivity contribution in [2.24, 2.45) is 0 Å². The summed E-state index contributed by atoms with van der Waals surface area (Å²) in [5, 5.41) is 0. The van der Waals surface area contributed by atoms with Crippen LogP contribution in [-0.2, 0) is 0 Å². The molecule has 9 heteroatoms. The SMILES string of the molecule is CCCCCCOc1ccc(-c2ccc(N(c3ccc(-c4ccc(OCCCCCC)cc4OCCCCCC)cc3)c3ccc(-c4sc(C=O)c5c4OCCO5)cc3)cc2)c(OCCCCCC)c1. The molecule has 1 aromatic heterocycles. The molecule has 7 rings (SSSR count). The maximum atomic E-state index is 12.0. The van der Waals surface area contributed by atoms with E-state index in [-0.39, 0.29) is 0 Å². The number of benzene rings is 5. The number of carbonyl (C=O) groups is 1. The van der Waals surface area contributed by atoms with Crippen molar-refractivity contribution in [2.75, 3.05) is 44.5 Å². The van der Waals surface area contributed by atoms with E-state index < -0.39 is 0 Å². The zero-order valence-electron chi connectivity index (χ0n) is 42.2. The summed E-state index contributed by atoms with van der Waals surface area (Å²) in [6, 6.07) is 38.5. The van der Waals surface area contributed by atoms with Crippen molar-refractivity contribution in [1.29, 1.82) is 0 Å². The molecule has 1 aliphatic rings. The average Bonchev–Trinajstić information content (AvgIpc) is 3.78. The number of nitrogens with zero attached hydrogens (tertiary/aromatic N) is 1. The van der Waals surface area contributed by atoms with Crippen LogP contribution < -0.4 is 33.3 Å². The van der Waals surface area contributed by atoms with Crippen LogP contribution >= 0.6 is 11.3 Å². The molecule has 0 N–H and O–H groups in total. The number of hydrogen-bond acceptors (Lipinski definition) is 9. The highest BCUT2D eigenvalue weighted by Gasteiger charge is 2.25. The Bertz CT molecular complexity index is 2360. The average molecular weight is 966 g/mol. The van der Waals surface area contributed by atoms with Gasteiger partial charge in [0.25, 0.3) is 0 Å². The highest BCUT2D eigenvalue weighted by Crippen LogP contribution is 2.49. The fourth-order valence-electron chi connectivity index (χ4n) is 8.79. The van der Waals surface area contributed by atoms with Gasteiger partial charge >= 0.3 is 0 Å². The maximum Gasteiger partial charge on any atom is 0.183 e. The van der Waals surface area contributed by atoms with Crippen LogP contribution in [0.1, 0.15) is 140 Å². The van der Waals surface area contributed by atoms with Crippen LogP contribution in [-0.4, -0.2) is 45.9 Å². The number of hydrogen-bond donors (Lipinski definition) is 0. The van der Waals surface area contributed by atoms with Crippen molar-refractivity contribution < 1.29 is 33.2 Å². The summed E-state index contributed by atoms with van der Waals surface area (Å²) in [4.78, 5) is 15.7. The maximum absolute atomic E-state index is 12.0. The van der Waals surface area contributed by atoms with Gasteiger partial charge in [0, 0.05) is 40.3 Å². The minimum absolute atomic E-state index is 0.425. The Morgan fingerprint density at radius 1 is 0.457 bits per heavy atom. The highest BCUT2D eigenvalue weighted by atomic mass is 32.1. The van der Waals surface area contributed by atoms with E-state index >= 15 is 0 Å². The van der Waals surface area contributed by atoms with Crippen molar-refractivity contribution in [2.45, 2.75) is 130 Å². The van der Waals surface area contributed by atoms with Crippen LogP contribution in [0.3, 0.4) is 0 Å². The number of thiophene rings is 1. The lowest BCUT2D eigenvalue weighted by atomic mass is 10.0. The molecule has 0 amide bonds. The first-order chi connectivity index (χ1) is 34.5. The zero-order chi connectivity index (χ0) is 48.8. The Kier molecular flexibility index (Phi) is 20.8. The van der Waals surface area contributed by atoms with Gasteiger partial charge in [-0.15, -0.1) is 11.3 Å². The molecule has 0 atom stereocenters. The van der Waals surface area contributed by atoms with Gasteiger partial charge in [-0.2, -0.15) is 0 Å². The summed E-state index contributed by atoms with van der Waals surface area (Å²) in [7, 11) is 0. The van der Waals surface area contributed by atoms with Gasteiger partial charge in [0.05, 0.1) is 31.3 Å². The number of ether oxygens (including phenoxy) is 6. The summed E-state index contributed by atoms with van der Waals surface area (Å²) in [6.45, 7) is 12.5. The normalized spacial score (nSPS) is 11.9. The molecule has 2 heterocycles. The van der Waals surface area contributed by atoms with E-state index in [0.717, 1.165) is 118 Å². The van der Waals surface area contributed by atoms with Gasteiger partial charge in [0.15, 0.2) is 17.8 Å². The lowest BCUT2D eigenvalue weighted by molar-refractivity contribution is 0.111. The number of fused-ring (bicyclic) bond motifs is 1. The molecule has 70 heavy (non-hydrogen) atoms. The van der Waals surface area contributed by atoms with Crippen LogP contribution in [0.5, 0.6) is 34.5 Å². The Labute approximate surface area is 422 Å². The molecular weight excluding hydrogens is 891 g/mol. The summed E-state index contributed by atoms with van der Waals surface area (Å²) < 4.78 is 37.4. The molecule has 0 spiro atoms. The second kappa shape index (κ2) is 28.1. The minimum atomic E-state index is 0.425. The molecule has 372 valence electrons. The first kappa shape index (κ1) is 51.9. The third-order valence-electron chi connectivity index (χ3n) is 12.7. The third-order valence-corrected chi connectivity index (χ3v) is 13.9. The van der Waals surface area contributed by atoms with Gasteiger partial charge in [-0.05, 0) is 103 Å². The number of aldehydes is 1. The number of rotatable bonds is 31. The molecule has 0 radical (unpaired) electrons. The Morgan fingerprint density at radius 3 is 1.24 bits per heavy atom. The van der Waals surface area contributed by atoms with Gasteiger partial charge in [-0.25, -0.2) is 0 Å². The molecule has 1 aliphatic heterocycles. The quantitative estimate of drug-likeness (QED) is 0.0315. The number of anilines is 3. The second-order valence-corrected chi connectivity index (χ2v) is 19.2. The molecular formula is C61H75NO7S. The third kappa shape index (κ3) is 14.3. The summed E-state index contributed by atoms with van der Waals surface area (Å²) in [6.07, 6.45) is 19.3. The monoisotopic (exact) mass is 966 g/mol. The summed E-state index contributed by atoms with van der Waals surface area (Å²) in [5.41, 5.74) is 8.16. The molecule has 0 saturated heterocycles. The van der Waals surface area contributed by atoms with Gasteiger partial charge in [-0.3, -0.25) is 4.79 Å². The second-order valence-electron chi connectivity index (χ2n) is 18.2. The van der Waals surface area contributed by atoms with E-state index in [0.29, 0.717) is 56.0 Å². The summed E-state index contributed by atoms with van der Waals surface area (Å²) in [5.74, 6) is 4.55. The minimum Gasteiger partial charge on any atom is -0.493 e. The molecule has 0 aliphatic carbocycles. The molecule has 0 bridgehead atoms. The fraction of sp³-hybridized carbons (Fsp3) is 0.426. The Morgan fingerprint density at radius 2 is 0.843 bits per heavy atom. The van der Waals surface area contributed by atoms with Gasteiger partial charge < -0.3 is 33.3 Å². The van der Waals surface area contributed by atoms with Crippen LogP contribution in [0, 0.1) is 0 Å². The molecule has 6 aromatic rings. The van der Waals surface area contributed by atoms with Crippen LogP contribution in [0.4, 0.5) is 17.1 Å². The summed E-state index contributed by atoms with van der Waals surface area (Å²) >= 11 is 1.40. The van der Waals surface area contributed by atoms with E-state index in [1.54, 1.807) is 0 Å². The van der Waals surface area contributed by atoms with Crippen molar-refractivity contribution in [3.63, 3.8) is 0 Å². The van der Waals surface area contributed by atoms with Crippen LogP contribution in [0.2, 0.25) is 0 Å². The van der Waals surface area contributed by atoms with Gasteiger partial charge in [0.1, 0.15) is 41.1 Å². The van der Waals surface area contributed by atoms with E-state index in [1.807, 2.05) is 0 Å². The van der Waals surface area contributed by atoms with Crippen LogP contribution in [0.25, 0.3) is 32.7 Å². The molecule has 0 saturated carbocycles. The lowest BCUT2D eigenvalue weighted by Gasteiger charge is -2.26. The van der Waals surface area contributed by atoms with Crippen LogP contribution in [0.15, 0.2) is 109 Å². The van der Waals surface area contributed by atoms with Crippen molar-refractivity contribution in [1.82, 2.24) is 0 Å². The van der Waals surface area contributed by atoms with Gasteiger partial charge in [0.2, 0.25) is 0 Å². The molecule has 8 nitrogen and oxygen atoms in total. The standard InChI is InChI=1S/C61H75NO7S/c1-5-9-13-17-37-64-52-33-35-54(56(43-52)66-39-19-15-11-7-3)46-21-27-49(28-22-46)62(51-31-25-48(26-32-51)61-60-59(58(45-63)70-61)68-41-42-69-60)50-29-23-47(24-30-50)55-36-34-53(65-38-18-14-10-6-2)44-57(55)67-40-20-16-12-8-4/h21-36,43-45H,5-20,37-42H2,1-4H3. The van der Waals surface area contributed by atoms with Crippen molar-refractivity contribution >= 4 is 34.7 Å². The fourth-order valence-corrected chi connectivity index (χ4v) is 9.80. The lowest BCUT2D eigenvalue weighted by Crippen LogP contribution is -2.15. The van der Waals surface area contributed by atoms with Gasteiger partial charge in [-0.1, -0.05) is 141 Å². The first-order valence-corrected chi connectivity index (χ1v) is 27.1. The predicted molar refractivity (Wildman–Crippen MR) is 290 cm³/mol. The first-order valence-electron chi connectivity index (χ1n) is 26.3. The molecule has 0 fully saturated rings. The molecule has 5 aromatic carbocycles. The largest absolute Gasteiger partial charge is 0.493 e. The van der Waals surface area contributed by atoms with Crippen molar-refractivity contribution in [3.05, 3.63) is 114 Å². The smallest absolute Gasteiger partial charge is 0.183 e. The topological polar surface area (TPSA) is 75.7 Å². The zero-order valence-corrected chi connectivity index (χ0v) is 43.1. The van der Waals surface area contributed by atoms with Crippen molar-refractivity contribution in [3.8, 4) is 67.2 Å². The van der Waals surface area contributed by atoms with E-state index in [1.165, 1.54) is 75.5 Å². The van der Waals surface area contributed by atoms with E-state index in [9.17, 15) is 4.79 Å². The Hall–Kier alpha value is -5.93. The number of carbonyl (C=O) groups excluding carboxylic acids is 1. The number of unbranched alkanes of at least 4 members (excludes halogenated alkanes) is 12. The highest BCUT2D eigenvalue weighted by molar-refractivity contribution is 7.18. The predicted octanol–water partition coefficient (Wildman–Crippen LogP) is 17.6. The van der Waals surface area contributed by atoms with E-state index in [2.05, 4.69) is 142 Å². The molecule has 0 unspecified atom stereocenters. The van der Waals surface area contributed by atoms with E-state index in [4.69, 9.17) is 28.4 Å².